The number of aliphatic carboxylic acids is 1. The van der Waals surface area contributed by atoms with Gasteiger partial charge in [0.25, 0.3) is 0 Å². The third kappa shape index (κ3) is 7.23. The van der Waals surface area contributed by atoms with Crippen molar-refractivity contribution in [1.82, 2.24) is 4.90 Å². The Hall–Kier alpha value is -1.26. The highest BCUT2D eigenvalue weighted by molar-refractivity contribution is 5.73. The quantitative estimate of drug-likeness (QED) is 0.290. The Morgan fingerprint density at radius 3 is 1.83 bits per heavy atom. The van der Waals surface area contributed by atoms with E-state index in [1.807, 2.05) is 32.6 Å². The number of carbonyl (C=O) groups excluding carboxylic acids is 1. The molecule has 0 aromatic carbocycles. The Balaban J connectivity index is 4.44. The number of aliphatic hydroxyl groups excluding tert-OH is 4. The van der Waals surface area contributed by atoms with Crippen LogP contribution in [0.4, 0.5) is 0 Å². The van der Waals surface area contributed by atoms with Gasteiger partial charge in [0.05, 0.1) is 6.54 Å². The average molecular weight is 337 g/mol. The predicted molar refractivity (Wildman–Crippen MR) is 79.6 cm³/mol. The lowest BCUT2D eigenvalue weighted by atomic mass is 10.0. The molecule has 0 saturated carbocycles. The normalized spacial score (nSPS) is 17.2. The van der Waals surface area contributed by atoms with Gasteiger partial charge < -0.3 is 30.3 Å². The summed E-state index contributed by atoms with van der Waals surface area (Å²) in [6.07, 6.45) is -8.06. The SMILES string of the molecule is CC(C)N(CC(=O)OC[C@@H](O)[C@@H](O)[C@H](O)[C@@H](O)C(=O)O)C(C)C. The van der Waals surface area contributed by atoms with Crippen molar-refractivity contribution >= 4 is 11.9 Å². The van der Waals surface area contributed by atoms with Crippen LogP contribution in [0.25, 0.3) is 0 Å². The zero-order valence-corrected chi connectivity index (χ0v) is 13.8. The van der Waals surface area contributed by atoms with E-state index in [9.17, 15) is 24.9 Å². The van der Waals surface area contributed by atoms with E-state index in [-0.39, 0.29) is 18.6 Å². The van der Waals surface area contributed by atoms with Gasteiger partial charge in [0.1, 0.15) is 24.9 Å². The van der Waals surface area contributed by atoms with Crippen molar-refractivity contribution in [1.29, 1.82) is 0 Å². The monoisotopic (exact) mass is 337 g/mol. The molecule has 0 heterocycles. The van der Waals surface area contributed by atoms with Gasteiger partial charge in [-0.3, -0.25) is 9.69 Å². The molecule has 9 nitrogen and oxygen atoms in total. The second-order valence-corrected chi connectivity index (χ2v) is 5.87. The maximum Gasteiger partial charge on any atom is 0.335 e. The maximum atomic E-state index is 11.7. The molecule has 0 aromatic rings. The summed E-state index contributed by atoms with van der Waals surface area (Å²) in [5, 5.41) is 46.2. The van der Waals surface area contributed by atoms with Gasteiger partial charge in [0, 0.05) is 12.1 Å². The van der Waals surface area contributed by atoms with Crippen LogP contribution in [0.5, 0.6) is 0 Å². The molecular formula is C14H27NO8. The molecule has 0 radical (unpaired) electrons. The largest absolute Gasteiger partial charge is 0.479 e. The van der Waals surface area contributed by atoms with Crippen LogP contribution in [-0.4, -0.2) is 92.0 Å². The van der Waals surface area contributed by atoms with Gasteiger partial charge in [-0.2, -0.15) is 0 Å². The van der Waals surface area contributed by atoms with Gasteiger partial charge in [-0.05, 0) is 27.7 Å². The average Bonchev–Trinajstić information content (AvgIpc) is 2.46. The van der Waals surface area contributed by atoms with E-state index in [0.717, 1.165) is 0 Å². The number of rotatable bonds is 10. The van der Waals surface area contributed by atoms with E-state index in [0.29, 0.717) is 0 Å². The third-order valence-corrected chi connectivity index (χ3v) is 3.37. The van der Waals surface area contributed by atoms with Gasteiger partial charge in [0.15, 0.2) is 6.10 Å². The second-order valence-electron chi connectivity index (χ2n) is 5.87. The van der Waals surface area contributed by atoms with E-state index in [1.54, 1.807) is 0 Å². The zero-order chi connectivity index (χ0) is 18.3. The molecule has 0 rings (SSSR count). The van der Waals surface area contributed by atoms with Gasteiger partial charge in [0.2, 0.25) is 0 Å². The summed E-state index contributed by atoms with van der Waals surface area (Å²) in [6, 6.07) is 0.205. The lowest BCUT2D eigenvalue weighted by Crippen LogP contribution is -2.49. The molecular weight excluding hydrogens is 310 g/mol. The number of carboxylic acid groups (broad SMARTS) is 1. The number of carboxylic acids is 1. The zero-order valence-electron chi connectivity index (χ0n) is 13.8. The van der Waals surface area contributed by atoms with Crippen LogP contribution in [0.2, 0.25) is 0 Å². The third-order valence-electron chi connectivity index (χ3n) is 3.37. The summed E-state index contributed by atoms with van der Waals surface area (Å²) in [5.41, 5.74) is 0. The minimum absolute atomic E-state index is 0.0154. The van der Waals surface area contributed by atoms with Gasteiger partial charge >= 0.3 is 11.9 Å². The summed E-state index contributed by atoms with van der Waals surface area (Å²) in [7, 11) is 0. The van der Waals surface area contributed by atoms with Crippen LogP contribution in [-0.2, 0) is 14.3 Å². The Morgan fingerprint density at radius 1 is 0.957 bits per heavy atom. The van der Waals surface area contributed by atoms with E-state index >= 15 is 0 Å². The molecule has 0 aromatic heterocycles. The minimum atomic E-state index is -2.26. The molecule has 0 unspecified atom stereocenters. The van der Waals surface area contributed by atoms with Crippen molar-refractivity contribution in [3.8, 4) is 0 Å². The molecule has 5 N–H and O–H groups in total. The molecule has 0 aliphatic rings. The summed E-state index contributed by atoms with van der Waals surface area (Å²) < 4.78 is 4.82. The lowest BCUT2D eigenvalue weighted by molar-refractivity contribution is -0.169. The highest BCUT2D eigenvalue weighted by Crippen LogP contribution is 2.08. The number of nitrogens with zero attached hydrogens (tertiary/aromatic N) is 1. The van der Waals surface area contributed by atoms with Gasteiger partial charge in [-0.1, -0.05) is 0 Å². The van der Waals surface area contributed by atoms with Crippen molar-refractivity contribution in [2.24, 2.45) is 0 Å². The standard InChI is InChI=1S/C14H27NO8/c1-7(2)15(8(3)4)5-10(17)23-6-9(16)11(18)12(19)13(20)14(21)22/h7-9,11-13,16,18-20H,5-6H2,1-4H3,(H,21,22)/t9-,11-,12+,13-/m1/s1. The number of ether oxygens (including phenoxy) is 1. The Labute approximate surface area is 135 Å². The first kappa shape index (κ1) is 21.7. The minimum Gasteiger partial charge on any atom is -0.479 e. The molecule has 0 bridgehead atoms. The molecule has 136 valence electrons. The van der Waals surface area contributed by atoms with E-state index in [4.69, 9.17) is 14.9 Å². The fraction of sp³-hybridized carbons (Fsp3) is 0.857. The number of esters is 1. The van der Waals surface area contributed by atoms with E-state index in [1.165, 1.54) is 0 Å². The molecule has 0 fully saturated rings. The van der Waals surface area contributed by atoms with Crippen molar-refractivity contribution in [3.63, 3.8) is 0 Å². The van der Waals surface area contributed by atoms with Crippen LogP contribution < -0.4 is 0 Å². The molecule has 0 amide bonds. The molecule has 4 atom stereocenters. The molecule has 0 aliphatic carbocycles. The number of hydrogen-bond donors (Lipinski definition) is 5. The van der Waals surface area contributed by atoms with E-state index < -0.39 is 43.0 Å². The summed E-state index contributed by atoms with van der Waals surface area (Å²) >= 11 is 0. The molecule has 9 heteroatoms. The van der Waals surface area contributed by atoms with Crippen LogP contribution >= 0.6 is 0 Å². The molecule has 0 spiro atoms. The van der Waals surface area contributed by atoms with Crippen LogP contribution in [0, 0.1) is 0 Å². The first-order valence-corrected chi connectivity index (χ1v) is 7.35. The van der Waals surface area contributed by atoms with Crippen LogP contribution in [0.3, 0.4) is 0 Å². The first-order valence-electron chi connectivity index (χ1n) is 7.35. The summed E-state index contributed by atoms with van der Waals surface area (Å²) in [5.74, 6) is -2.38. The van der Waals surface area contributed by atoms with Crippen molar-refractivity contribution in [2.75, 3.05) is 13.2 Å². The van der Waals surface area contributed by atoms with Crippen molar-refractivity contribution in [2.45, 2.75) is 64.2 Å². The Kier molecular flexibility index (Phi) is 9.25. The van der Waals surface area contributed by atoms with Crippen molar-refractivity contribution in [3.05, 3.63) is 0 Å². The summed E-state index contributed by atoms with van der Waals surface area (Å²) in [4.78, 5) is 24.1. The fourth-order valence-electron chi connectivity index (χ4n) is 1.99. The second kappa shape index (κ2) is 9.78. The van der Waals surface area contributed by atoms with Gasteiger partial charge in [-0.15, -0.1) is 0 Å². The smallest absolute Gasteiger partial charge is 0.335 e. The van der Waals surface area contributed by atoms with E-state index in [2.05, 4.69) is 0 Å². The highest BCUT2D eigenvalue weighted by atomic mass is 16.5. The Morgan fingerprint density at radius 2 is 1.43 bits per heavy atom. The Bertz CT molecular complexity index is 379. The predicted octanol–water partition coefficient (Wildman–Crippen LogP) is -1.82. The highest BCUT2D eigenvalue weighted by Gasteiger charge is 2.35. The van der Waals surface area contributed by atoms with Crippen molar-refractivity contribution < 1.29 is 39.9 Å². The summed E-state index contributed by atoms with van der Waals surface area (Å²) in [6.45, 7) is 7.00. The van der Waals surface area contributed by atoms with Crippen LogP contribution in [0.15, 0.2) is 0 Å². The van der Waals surface area contributed by atoms with Gasteiger partial charge in [-0.25, -0.2) is 4.79 Å². The topological polar surface area (TPSA) is 148 Å². The molecule has 0 saturated heterocycles. The molecule has 0 aliphatic heterocycles. The maximum absolute atomic E-state index is 11.7. The van der Waals surface area contributed by atoms with Crippen LogP contribution in [0.1, 0.15) is 27.7 Å². The lowest BCUT2D eigenvalue weighted by Gasteiger charge is -2.29. The number of hydrogen-bond acceptors (Lipinski definition) is 8. The first-order chi connectivity index (χ1) is 10.5. The fourth-order valence-corrected chi connectivity index (χ4v) is 1.99. The number of carbonyl (C=O) groups is 2. The molecule has 23 heavy (non-hydrogen) atoms. The number of aliphatic hydroxyl groups is 4.